The fourth-order valence-corrected chi connectivity index (χ4v) is 1.49. The summed E-state index contributed by atoms with van der Waals surface area (Å²) < 4.78 is 0. The van der Waals surface area contributed by atoms with Crippen molar-refractivity contribution in [2.45, 2.75) is 6.92 Å². The van der Waals surface area contributed by atoms with Crippen molar-refractivity contribution in [2.75, 3.05) is 0 Å². The van der Waals surface area contributed by atoms with E-state index in [9.17, 15) is 4.79 Å². The molecule has 1 N–H and O–H groups in total. The molecule has 60 valence electrons. The lowest BCUT2D eigenvalue weighted by atomic mass is 10.1. The molecule has 1 heterocycles. The number of fused-ring (bicyclic) bond motifs is 1. The smallest absolute Gasteiger partial charge is 0.150 e. The van der Waals surface area contributed by atoms with Gasteiger partial charge in [0.15, 0.2) is 6.29 Å². The van der Waals surface area contributed by atoms with Crippen LogP contribution < -0.4 is 0 Å². The largest absolute Gasteiger partial charge is 0.361 e. The van der Waals surface area contributed by atoms with E-state index in [1.54, 1.807) is 0 Å². The van der Waals surface area contributed by atoms with Crippen molar-refractivity contribution in [1.29, 1.82) is 0 Å². The van der Waals surface area contributed by atoms with Crippen LogP contribution in [0.4, 0.5) is 0 Å². The van der Waals surface area contributed by atoms with Gasteiger partial charge >= 0.3 is 0 Å². The number of H-pyrrole nitrogens is 1. The summed E-state index contributed by atoms with van der Waals surface area (Å²) in [6, 6.07) is 5.67. The maximum absolute atomic E-state index is 10.7. The van der Waals surface area contributed by atoms with Crippen LogP contribution in [0.1, 0.15) is 15.9 Å². The molecule has 0 saturated carbocycles. The Morgan fingerprint density at radius 2 is 2.25 bits per heavy atom. The molecular formula is C10H9NO. The maximum Gasteiger partial charge on any atom is 0.150 e. The number of nitrogens with one attached hydrogen (secondary N) is 1. The number of rotatable bonds is 1. The predicted molar refractivity (Wildman–Crippen MR) is 48.4 cm³/mol. The Hall–Kier alpha value is -1.57. The van der Waals surface area contributed by atoms with Crippen LogP contribution in [0, 0.1) is 6.92 Å². The number of aldehydes is 1. The number of aryl methyl sites for hydroxylation is 1. The second-order valence-corrected chi connectivity index (χ2v) is 2.86. The molecule has 0 amide bonds. The molecule has 0 bridgehead atoms. The van der Waals surface area contributed by atoms with E-state index in [0.29, 0.717) is 0 Å². The number of benzene rings is 1. The van der Waals surface area contributed by atoms with Crippen molar-refractivity contribution in [3.05, 3.63) is 35.5 Å². The van der Waals surface area contributed by atoms with Crippen LogP contribution in [-0.4, -0.2) is 11.3 Å². The fourth-order valence-electron chi connectivity index (χ4n) is 1.49. The molecule has 0 aliphatic carbocycles. The molecule has 0 aliphatic heterocycles. The van der Waals surface area contributed by atoms with Gasteiger partial charge < -0.3 is 4.98 Å². The molecule has 0 spiro atoms. The predicted octanol–water partition coefficient (Wildman–Crippen LogP) is 2.29. The highest BCUT2D eigenvalue weighted by atomic mass is 16.1. The van der Waals surface area contributed by atoms with Crippen LogP contribution in [-0.2, 0) is 0 Å². The lowest BCUT2D eigenvalue weighted by Crippen LogP contribution is -1.81. The minimum absolute atomic E-state index is 0.756. The van der Waals surface area contributed by atoms with Gasteiger partial charge in [-0.15, -0.1) is 0 Å². The highest BCUT2D eigenvalue weighted by molar-refractivity contribution is 5.98. The molecule has 1 aromatic heterocycles. The average Bonchev–Trinajstić information content (AvgIpc) is 2.48. The molecule has 2 heteroatoms. The highest BCUT2D eigenvalue weighted by Gasteiger charge is 2.02. The van der Waals surface area contributed by atoms with Gasteiger partial charge in [0.1, 0.15) is 0 Å². The topological polar surface area (TPSA) is 32.9 Å². The molecule has 0 atom stereocenters. The van der Waals surface area contributed by atoms with Crippen LogP contribution in [0.25, 0.3) is 10.9 Å². The molecule has 0 saturated heterocycles. The molecule has 2 rings (SSSR count). The van der Waals surface area contributed by atoms with Crippen LogP contribution in [0.15, 0.2) is 24.4 Å². The Morgan fingerprint density at radius 1 is 1.42 bits per heavy atom. The highest BCUT2D eigenvalue weighted by Crippen LogP contribution is 2.20. The zero-order chi connectivity index (χ0) is 8.55. The molecule has 0 aliphatic rings. The van der Waals surface area contributed by atoms with Crippen molar-refractivity contribution in [1.82, 2.24) is 4.98 Å². The van der Waals surface area contributed by atoms with Gasteiger partial charge in [-0.2, -0.15) is 0 Å². The third-order valence-corrected chi connectivity index (χ3v) is 2.06. The lowest BCUT2D eigenvalue weighted by molar-refractivity contribution is 0.112. The van der Waals surface area contributed by atoms with Gasteiger partial charge in [-0.3, -0.25) is 4.79 Å². The monoisotopic (exact) mass is 159 g/mol. The minimum atomic E-state index is 0.756. The molecule has 2 aromatic rings. The number of hydrogen-bond donors (Lipinski definition) is 1. The Bertz CT molecular complexity index is 428. The van der Waals surface area contributed by atoms with Crippen LogP contribution in [0.3, 0.4) is 0 Å². The van der Waals surface area contributed by atoms with Gasteiger partial charge in [0.05, 0.1) is 0 Å². The van der Waals surface area contributed by atoms with Crippen LogP contribution in [0.5, 0.6) is 0 Å². The van der Waals surface area contributed by atoms with Crippen LogP contribution in [0.2, 0.25) is 0 Å². The number of carbonyl (C=O) groups is 1. The summed E-state index contributed by atoms with van der Waals surface area (Å²) in [7, 11) is 0. The Balaban J connectivity index is 2.93. The second kappa shape index (κ2) is 2.48. The maximum atomic E-state index is 10.7. The van der Waals surface area contributed by atoms with E-state index in [2.05, 4.69) is 4.98 Å². The quantitative estimate of drug-likeness (QED) is 0.636. The molecule has 0 radical (unpaired) electrons. The summed E-state index contributed by atoms with van der Waals surface area (Å²) in [6.45, 7) is 1.99. The Morgan fingerprint density at radius 3 is 3.00 bits per heavy atom. The number of carbonyl (C=O) groups excluding carboxylic acids is 1. The molecule has 12 heavy (non-hydrogen) atoms. The second-order valence-electron chi connectivity index (χ2n) is 2.86. The van der Waals surface area contributed by atoms with Gasteiger partial charge in [0.2, 0.25) is 0 Å². The summed E-state index contributed by atoms with van der Waals surface area (Å²) in [5.74, 6) is 0. The minimum Gasteiger partial charge on any atom is -0.361 e. The third kappa shape index (κ3) is 0.848. The summed E-state index contributed by atoms with van der Waals surface area (Å²) in [6.07, 6.45) is 2.81. The van der Waals surface area contributed by atoms with E-state index < -0.39 is 0 Å². The molecule has 1 aromatic carbocycles. The van der Waals surface area contributed by atoms with Crippen molar-refractivity contribution < 1.29 is 4.79 Å². The first-order chi connectivity index (χ1) is 5.83. The SMILES string of the molecule is Cc1c[nH]c2cccc(C=O)c12. The molecular weight excluding hydrogens is 150 g/mol. The van der Waals surface area contributed by atoms with E-state index in [-0.39, 0.29) is 0 Å². The standard InChI is InChI=1S/C10H9NO/c1-7-5-11-9-4-2-3-8(6-12)10(7)9/h2-6,11H,1H3. The Kier molecular flexibility index (Phi) is 1.47. The van der Waals surface area contributed by atoms with E-state index in [4.69, 9.17) is 0 Å². The normalized spacial score (nSPS) is 10.4. The van der Waals surface area contributed by atoms with Crippen molar-refractivity contribution >= 4 is 17.2 Å². The van der Waals surface area contributed by atoms with Gasteiger partial charge in [-0.05, 0) is 18.6 Å². The van der Waals surface area contributed by atoms with E-state index in [1.165, 1.54) is 0 Å². The zero-order valence-corrected chi connectivity index (χ0v) is 6.79. The molecule has 0 unspecified atom stereocenters. The summed E-state index contributed by atoms with van der Waals surface area (Å²) in [4.78, 5) is 13.8. The third-order valence-electron chi connectivity index (χ3n) is 2.06. The van der Waals surface area contributed by atoms with Crippen molar-refractivity contribution in [3.63, 3.8) is 0 Å². The number of aromatic nitrogens is 1. The Labute approximate surface area is 70.2 Å². The van der Waals surface area contributed by atoms with E-state index >= 15 is 0 Å². The van der Waals surface area contributed by atoms with Gasteiger partial charge in [-0.1, -0.05) is 12.1 Å². The first-order valence-corrected chi connectivity index (χ1v) is 3.85. The summed E-state index contributed by atoms with van der Waals surface area (Å²) >= 11 is 0. The first-order valence-electron chi connectivity index (χ1n) is 3.85. The number of hydrogen-bond acceptors (Lipinski definition) is 1. The van der Waals surface area contributed by atoms with Gasteiger partial charge in [-0.25, -0.2) is 0 Å². The zero-order valence-electron chi connectivity index (χ0n) is 6.79. The van der Waals surface area contributed by atoms with Gasteiger partial charge in [0, 0.05) is 22.7 Å². The van der Waals surface area contributed by atoms with Crippen LogP contribution >= 0.6 is 0 Å². The summed E-state index contributed by atoms with van der Waals surface area (Å²) in [5.41, 5.74) is 2.90. The molecule has 0 fully saturated rings. The van der Waals surface area contributed by atoms with Crippen molar-refractivity contribution in [3.8, 4) is 0 Å². The van der Waals surface area contributed by atoms with Gasteiger partial charge in [0.25, 0.3) is 0 Å². The van der Waals surface area contributed by atoms with E-state index in [0.717, 1.165) is 28.3 Å². The fraction of sp³-hybridized carbons (Fsp3) is 0.100. The number of aromatic amines is 1. The van der Waals surface area contributed by atoms with E-state index in [1.807, 2.05) is 31.3 Å². The average molecular weight is 159 g/mol. The first kappa shape index (κ1) is 7.10. The van der Waals surface area contributed by atoms with Crippen molar-refractivity contribution in [2.24, 2.45) is 0 Å². The lowest BCUT2D eigenvalue weighted by Gasteiger charge is -1.94. The summed E-state index contributed by atoms with van der Waals surface area (Å²) in [5, 5.41) is 1.03. The molecule has 2 nitrogen and oxygen atoms in total.